The van der Waals surface area contributed by atoms with E-state index >= 15 is 0 Å². The first-order valence-electron chi connectivity index (χ1n) is 5.86. The van der Waals surface area contributed by atoms with E-state index in [9.17, 15) is 14.0 Å². The molecule has 1 aromatic heterocycles. The molecule has 0 saturated heterocycles. The van der Waals surface area contributed by atoms with Gasteiger partial charge < -0.3 is 16.4 Å². The molecule has 7 heteroatoms. The van der Waals surface area contributed by atoms with Crippen molar-refractivity contribution in [1.29, 1.82) is 0 Å². The van der Waals surface area contributed by atoms with Crippen LogP contribution < -0.4 is 16.4 Å². The predicted octanol–water partition coefficient (Wildman–Crippen LogP) is 0.259. The molecule has 4 N–H and O–H groups in total. The maximum Gasteiger partial charge on any atom is 0.244 e. The number of nitrogens with zero attached hydrogens (tertiary/aromatic N) is 1. The van der Waals surface area contributed by atoms with Gasteiger partial charge in [0.05, 0.1) is 12.6 Å². The highest BCUT2D eigenvalue weighted by Crippen LogP contribution is 2.03. The highest BCUT2D eigenvalue weighted by molar-refractivity contribution is 5.94. The van der Waals surface area contributed by atoms with Crippen molar-refractivity contribution in [3.05, 3.63) is 24.1 Å². The van der Waals surface area contributed by atoms with Crippen LogP contribution in [-0.2, 0) is 9.59 Å². The normalized spacial score (nSPS) is 12.1. The number of nitrogens with two attached hydrogens (primary N) is 1. The molecule has 2 amide bonds. The van der Waals surface area contributed by atoms with Gasteiger partial charge in [0.1, 0.15) is 5.82 Å². The van der Waals surface area contributed by atoms with E-state index in [0.29, 0.717) is 0 Å². The Morgan fingerprint density at radius 2 is 2.11 bits per heavy atom. The maximum atomic E-state index is 12.8. The number of rotatable bonds is 5. The Labute approximate surface area is 110 Å². The number of hydrogen-bond donors (Lipinski definition) is 3. The van der Waals surface area contributed by atoms with Crippen LogP contribution in [0.3, 0.4) is 0 Å². The largest absolute Gasteiger partial charge is 0.346 e. The Bertz CT molecular complexity index is 465. The molecule has 1 rings (SSSR count). The first-order valence-corrected chi connectivity index (χ1v) is 5.86. The second kappa shape index (κ2) is 6.79. The van der Waals surface area contributed by atoms with Crippen LogP contribution in [0.5, 0.6) is 0 Å². The van der Waals surface area contributed by atoms with Gasteiger partial charge in [-0.3, -0.25) is 9.59 Å². The van der Waals surface area contributed by atoms with Crippen LogP contribution in [0.4, 0.5) is 10.2 Å². The SMILES string of the molecule is CC(C)[C@H](N)C(=O)NCC(=O)Nc1cccc(F)n1. The van der Waals surface area contributed by atoms with Crippen LogP contribution in [0, 0.1) is 11.9 Å². The highest BCUT2D eigenvalue weighted by atomic mass is 19.1. The van der Waals surface area contributed by atoms with Crippen molar-refractivity contribution in [2.75, 3.05) is 11.9 Å². The summed E-state index contributed by atoms with van der Waals surface area (Å²) in [5.74, 6) is -1.52. The molecule has 0 fully saturated rings. The highest BCUT2D eigenvalue weighted by Gasteiger charge is 2.17. The molecule has 0 aliphatic carbocycles. The van der Waals surface area contributed by atoms with E-state index in [4.69, 9.17) is 5.73 Å². The Morgan fingerprint density at radius 3 is 2.68 bits per heavy atom. The van der Waals surface area contributed by atoms with Crippen molar-refractivity contribution in [3.63, 3.8) is 0 Å². The number of aromatic nitrogens is 1. The summed E-state index contributed by atoms with van der Waals surface area (Å²) < 4.78 is 12.8. The topological polar surface area (TPSA) is 97.1 Å². The minimum Gasteiger partial charge on any atom is -0.346 e. The second-order valence-corrected chi connectivity index (χ2v) is 4.38. The average molecular weight is 268 g/mol. The van der Waals surface area contributed by atoms with Gasteiger partial charge in [0.15, 0.2) is 0 Å². The van der Waals surface area contributed by atoms with Crippen LogP contribution in [0.15, 0.2) is 18.2 Å². The summed E-state index contributed by atoms with van der Waals surface area (Å²) in [5.41, 5.74) is 5.61. The molecule has 0 aliphatic heterocycles. The van der Waals surface area contributed by atoms with E-state index in [-0.39, 0.29) is 18.3 Å². The Kier molecular flexibility index (Phi) is 5.37. The van der Waals surface area contributed by atoms with Crippen LogP contribution in [-0.4, -0.2) is 29.4 Å². The fourth-order valence-corrected chi connectivity index (χ4v) is 1.25. The number of halogens is 1. The van der Waals surface area contributed by atoms with E-state index < -0.39 is 23.8 Å². The minimum atomic E-state index is -0.691. The lowest BCUT2D eigenvalue weighted by Gasteiger charge is -2.15. The zero-order valence-corrected chi connectivity index (χ0v) is 10.8. The molecular weight excluding hydrogens is 251 g/mol. The van der Waals surface area contributed by atoms with Gasteiger partial charge in [0.2, 0.25) is 17.8 Å². The van der Waals surface area contributed by atoms with Crippen molar-refractivity contribution in [3.8, 4) is 0 Å². The Balaban J connectivity index is 2.42. The predicted molar refractivity (Wildman–Crippen MR) is 68.6 cm³/mol. The van der Waals surface area contributed by atoms with Gasteiger partial charge in [-0.25, -0.2) is 4.98 Å². The molecule has 104 valence electrons. The summed E-state index contributed by atoms with van der Waals surface area (Å²) in [4.78, 5) is 26.5. The number of amides is 2. The number of nitrogens with one attached hydrogen (secondary N) is 2. The lowest BCUT2D eigenvalue weighted by atomic mass is 10.1. The molecule has 0 unspecified atom stereocenters. The molecule has 19 heavy (non-hydrogen) atoms. The molecule has 1 atom stereocenters. The molecule has 0 radical (unpaired) electrons. The van der Waals surface area contributed by atoms with Gasteiger partial charge in [0.25, 0.3) is 0 Å². The molecule has 0 bridgehead atoms. The van der Waals surface area contributed by atoms with E-state index in [1.807, 2.05) is 0 Å². The fraction of sp³-hybridized carbons (Fsp3) is 0.417. The molecule has 0 aromatic carbocycles. The summed E-state index contributed by atoms with van der Waals surface area (Å²) in [7, 11) is 0. The number of anilines is 1. The number of carbonyl (C=O) groups excluding carboxylic acids is 2. The van der Waals surface area contributed by atoms with Gasteiger partial charge in [-0.1, -0.05) is 19.9 Å². The van der Waals surface area contributed by atoms with Crippen molar-refractivity contribution in [2.24, 2.45) is 11.7 Å². The van der Waals surface area contributed by atoms with Gasteiger partial charge in [-0.05, 0) is 18.1 Å². The number of carbonyl (C=O) groups is 2. The van der Waals surface area contributed by atoms with E-state index in [0.717, 1.165) is 0 Å². The number of pyridine rings is 1. The van der Waals surface area contributed by atoms with Crippen molar-refractivity contribution >= 4 is 17.6 Å². The van der Waals surface area contributed by atoms with Crippen LogP contribution >= 0.6 is 0 Å². The third-order valence-corrected chi connectivity index (χ3v) is 2.43. The van der Waals surface area contributed by atoms with Crippen molar-refractivity contribution < 1.29 is 14.0 Å². The van der Waals surface area contributed by atoms with E-state index in [1.165, 1.54) is 18.2 Å². The van der Waals surface area contributed by atoms with Gasteiger partial charge in [-0.15, -0.1) is 0 Å². The first-order chi connectivity index (χ1) is 8.90. The molecule has 1 aromatic rings. The third kappa shape index (κ3) is 5.01. The van der Waals surface area contributed by atoms with Gasteiger partial charge in [-0.2, -0.15) is 4.39 Å². The van der Waals surface area contributed by atoms with Crippen molar-refractivity contribution in [1.82, 2.24) is 10.3 Å². The van der Waals surface area contributed by atoms with Crippen LogP contribution in [0.2, 0.25) is 0 Å². The fourth-order valence-electron chi connectivity index (χ4n) is 1.25. The minimum absolute atomic E-state index is 0.0204. The zero-order chi connectivity index (χ0) is 14.4. The van der Waals surface area contributed by atoms with E-state index in [2.05, 4.69) is 15.6 Å². The first kappa shape index (κ1) is 15.0. The average Bonchev–Trinajstić information content (AvgIpc) is 2.34. The molecule has 0 aliphatic rings. The molecular formula is C12H17FN4O2. The lowest BCUT2D eigenvalue weighted by molar-refractivity contribution is -0.125. The Hall–Kier alpha value is -2.02. The third-order valence-electron chi connectivity index (χ3n) is 2.43. The van der Waals surface area contributed by atoms with Gasteiger partial charge >= 0.3 is 0 Å². The molecule has 0 saturated carbocycles. The van der Waals surface area contributed by atoms with Crippen molar-refractivity contribution in [2.45, 2.75) is 19.9 Å². The molecule has 0 spiro atoms. The zero-order valence-electron chi connectivity index (χ0n) is 10.8. The quantitative estimate of drug-likeness (QED) is 0.667. The Morgan fingerprint density at radius 1 is 1.42 bits per heavy atom. The molecule has 1 heterocycles. The van der Waals surface area contributed by atoms with Crippen LogP contribution in [0.25, 0.3) is 0 Å². The summed E-state index contributed by atoms with van der Waals surface area (Å²) in [6, 6.07) is 3.37. The second-order valence-electron chi connectivity index (χ2n) is 4.38. The maximum absolute atomic E-state index is 12.8. The van der Waals surface area contributed by atoms with Gasteiger partial charge in [0, 0.05) is 0 Å². The summed E-state index contributed by atoms with van der Waals surface area (Å²) in [6.45, 7) is 3.37. The number of hydrogen-bond acceptors (Lipinski definition) is 4. The summed E-state index contributed by atoms with van der Waals surface area (Å²) >= 11 is 0. The molecule has 6 nitrogen and oxygen atoms in total. The smallest absolute Gasteiger partial charge is 0.244 e. The summed E-state index contributed by atoms with van der Waals surface area (Å²) in [6.07, 6.45) is 0. The van der Waals surface area contributed by atoms with Crippen LogP contribution in [0.1, 0.15) is 13.8 Å². The lowest BCUT2D eigenvalue weighted by Crippen LogP contribution is -2.46. The monoisotopic (exact) mass is 268 g/mol. The standard InChI is InChI=1S/C12H17FN4O2/c1-7(2)11(14)12(19)15-6-10(18)17-9-5-3-4-8(13)16-9/h3-5,7,11H,6,14H2,1-2H3,(H,15,19)(H,16,17,18)/t11-/m0/s1. The summed E-state index contributed by atoms with van der Waals surface area (Å²) in [5, 5.41) is 4.76. The van der Waals surface area contributed by atoms with E-state index in [1.54, 1.807) is 13.8 Å².